The van der Waals surface area contributed by atoms with E-state index in [0.29, 0.717) is 12.4 Å². The molecular weight excluding hydrogens is 206 g/mol. The molecule has 1 aliphatic heterocycles. The first kappa shape index (κ1) is 10.5. The van der Waals surface area contributed by atoms with Gasteiger partial charge in [-0.15, -0.1) is 0 Å². The molecule has 0 radical (unpaired) electrons. The maximum atomic E-state index is 10.4. The second-order valence-corrected chi connectivity index (χ2v) is 3.63. The summed E-state index contributed by atoms with van der Waals surface area (Å²) in [6.07, 6.45) is 1.02. The molecule has 2 rings (SSSR count). The van der Waals surface area contributed by atoms with Crippen molar-refractivity contribution in [3.8, 4) is 0 Å². The van der Waals surface area contributed by atoms with Gasteiger partial charge >= 0.3 is 0 Å². The molecule has 5 heteroatoms. The highest BCUT2D eigenvalue weighted by molar-refractivity contribution is 5.16. The van der Waals surface area contributed by atoms with Crippen molar-refractivity contribution >= 4 is 0 Å². The van der Waals surface area contributed by atoms with Crippen LogP contribution in [0.3, 0.4) is 0 Å². The minimum absolute atomic E-state index is 0.425. The van der Waals surface area contributed by atoms with Gasteiger partial charge in [0.15, 0.2) is 5.82 Å². The van der Waals surface area contributed by atoms with Gasteiger partial charge in [0.2, 0.25) is 0 Å². The van der Waals surface area contributed by atoms with E-state index in [0.717, 1.165) is 24.9 Å². The van der Waals surface area contributed by atoms with E-state index >= 15 is 0 Å². The first-order chi connectivity index (χ1) is 7.75. The summed E-state index contributed by atoms with van der Waals surface area (Å²) in [5.74, 6) is 0.592. The lowest BCUT2D eigenvalue weighted by atomic mass is 10.2. The number of hydrogen-bond donors (Lipinski definition) is 1. The third kappa shape index (κ3) is 2.50. The van der Waals surface area contributed by atoms with E-state index in [1.165, 1.54) is 0 Å². The molecule has 1 aliphatic rings. The Kier molecular flexibility index (Phi) is 3.05. The topological polar surface area (TPSA) is 58.4 Å². The van der Waals surface area contributed by atoms with Crippen LogP contribution in [-0.4, -0.2) is 22.9 Å². The predicted octanol–water partition coefficient (Wildman–Crippen LogP) is 1.17. The van der Waals surface area contributed by atoms with Crippen LogP contribution in [0.2, 0.25) is 0 Å². The molecule has 0 amide bonds. The second kappa shape index (κ2) is 4.65. The molecule has 84 valence electrons. The van der Waals surface area contributed by atoms with Crippen LogP contribution < -0.4 is 5.32 Å². The quantitative estimate of drug-likeness (QED) is 0.612. The van der Waals surface area contributed by atoms with Gasteiger partial charge in [-0.25, -0.2) is 0 Å². The molecule has 0 aliphatic carbocycles. The molecule has 0 aromatic heterocycles. The Morgan fingerprint density at radius 1 is 1.44 bits per heavy atom. The van der Waals surface area contributed by atoms with Crippen molar-refractivity contribution in [2.75, 3.05) is 13.1 Å². The Hall–Kier alpha value is -2.04. The zero-order chi connectivity index (χ0) is 11.4. The van der Waals surface area contributed by atoms with Crippen LogP contribution in [0, 0.1) is 10.1 Å². The van der Waals surface area contributed by atoms with Gasteiger partial charge in [-0.05, 0) is 5.56 Å². The van der Waals surface area contributed by atoms with Gasteiger partial charge in [0.05, 0.1) is 4.92 Å². The van der Waals surface area contributed by atoms with Crippen LogP contribution in [0.25, 0.3) is 0 Å². The van der Waals surface area contributed by atoms with Crippen molar-refractivity contribution in [1.82, 2.24) is 10.2 Å². The third-order valence-electron chi connectivity index (χ3n) is 2.47. The van der Waals surface area contributed by atoms with E-state index in [4.69, 9.17) is 0 Å². The van der Waals surface area contributed by atoms with Crippen molar-refractivity contribution in [2.45, 2.75) is 6.54 Å². The number of nitro groups is 1. The maximum Gasteiger partial charge on any atom is 0.274 e. The molecular formula is C11H13N3O2. The van der Waals surface area contributed by atoms with Crippen molar-refractivity contribution in [2.24, 2.45) is 0 Å². The zero-order valence-electron chi connectivity index (χ0n) is 8.80. The van der Waals surface area contributed by atoms with Gasteiger partial charge in [-0.3, -0.25) is 10.1 Å². The fourth-order valence-electron chi connectivity index (χ4n) is 1.75. The highest BCUT2D eigenvalue weighted by Gasteiger charge is 2.19. The SMILES string of the molecule is O=[N+]([O-])C=C1NCCN1Cc1ccccc1. The van der Waals surface area contributed by atoms with Crippen LogP contribution >= 0.6 is 0 Å². The number of hydrogen-bond acceptors (Lipinski definition) is 4. The molecule has 0 spiro atoms. The maximum absolute atomic E-state index is 10.4. The number of nitrogens with one attached hydrogen (secondary N) is 1. The fourth-order valence-corrected chi connectivity index (χ4v) is 1.75. The lowest BCUT2D eigenvalue weighted by Crippen LogP contribution is -2.20. The highest BCUT2D eigenvalue weighted by atomic mass is 16.6. The van der Waals surface area contributed by atoms with E-state index < -0.39 is 4.92 Å². The molecule has 0 atom stereocenters. The van der Waals surface area contributed by atoms with Crippen LogP contribution in [-0.2, 0) is 6.54 Å². The smallest absolute Gasteiger partial charge is 0.274 e. The monoisotopic (exact) mass is 219 g/mol. The average Bonchev–Trinajstić information content (AvgIpc) is 2.66. The Morgan fingerprint density at radius 2 is 2.19 bits per heavy atom. The zero-order valence-corrected chi connectivity index (χ0v) is 8.80. The first-order valence-corrected chi connectivity index (χ1v) is 5.14. The van der Waals surface area contributed by atoms with Crippen molar-refractivity contribution in [3.63, 3.8) is 0 Å². The Bertz CT molecular complexity index is 403. The summed E-state index contributed by atoms with van der Waals surface area (Å²) in [5.41, 5.74) is 1.15. The summed E-state index contributed by atoms with van der Waals surface area (Å²) >= 11 is 0. The van der Waals surface area contributed by atoms with E-state index in [2.05, 4.69) is 5.32 Å². The summed E-state index contributed by atoms with van der Waals surface area (Å²) in [6.45, 7) is 2.26. The van der Waals surface area contributed by atoms with Gasteiger partial charge in [-0.1, -0.05) is 30.3 Å². The lowest BCUT2D eigenvalue weighted by molar-refractivity contribution is -0.404. The van der Waals surface area contributed by atoms with E-state index in [9.17, 15) is 10.1 Å². The van der Waals surface area contributed by atoms with Crippen molar-refractivity contribution < 1.29 is 4.92 Å². The number of rotatable bonds is 3. The van der Waals surface area contributed by atoms with Gasteiger partial charge < -0.3 is 10.2 Å². The Balaban J connectivity index is 2.07. The van der Waals surface area contributed by atoms with Crippen molar-refractivity contribution in [1.29, 1.82) is 0 Å². The van der Waals surface area contributed by atoms with Crippen LogP contribution in [0.15, 0.2) is 42.4 Å². The van der Waals surface area contributed by atoms with Gasteiger partial charge in [0.1, 0.15) is 0 Å². The Labute approximate surface area is 93.5 Å². The molecule has 1 aromatic rings. The van der Waals surface area contributed by atoms with E-state index in [1.807, 2.05) is 35.2 Å². The van der Waals surface area contributed by atoms with Gasteiger partial charge in [0.25, 0.3) is 6.20 Å². The first-order valence-electron chi connectivity index (χ1n) is 5.14. The molecule has 1 fully saturated rings. The van der Waals surface area contributed by atoms with E-state index in [-0.39, 0.29) is 0 Å². The molecule has 1 saturated heterocycles. The number of nitrogens with zero attached hydrogens (tertiary/aromatic N) is 2. The standard InChI is InChI=1S/C11H13N3O2/c15-14(16)9-11-12-6-7-13(11)8-10-4-2-1-3-5-10/h1-5,9,12H,6-8H2. The summed E-state index contributed by atoms with van der Waals surface area (Å²) in [4.78, 5) is 12.0. The van der Waals surface area contributed by atoms with Gasteiger partial charge in [0, 0.05) is 19.6 Å². The molecule has 16 heavy (non-hydrogen) atoms. The summed E-state index contributed by atoms with van der Waals surface area (Å²) in [7, 11) is 0. The molecule has 1 N–H and O–H groups in total. The predicted molar refractivity (Wildman–Crippen MR) is 59.9 cm³/mol. The van der Waals surface area contributed by atoms with Crippen LogP contribution in [0.1, 0.15) is 5.56 Å². The molecule has 0 unspecified atom stereocenters. The fraction of sp³-hybridized carbons (Fsp3) is 0.273. The molecule has 5 nitrogen and oxygen atoms in total. The van der Waals surface area contributed by atoms with Gasteiger partial charge in [-0.2, -0.15) is 0 Å². The van der Waals surface area contributed by atoms with Crippen LogP contribution in [0.4, 0.5) is 0 Å². The second-order valence-electron chi connectivity index (χ2n) is 3.63. The lowest BCUT2D eigenvalue weighted by Gasteiger charge is -2.16. The molecule has 0 bridgehead atoms. The van der Waals surface area contributed by atoms with E-state index in [1.54, 1.807) is 0 Å². The third-order valence-corrected chi connectivity index (χ3v) is 2.47. The van der Waals surface area contributed by atoms with Crippen LogP contribution in [0.5, 0.6) is 0 Å². The summed E-state index contributed by atoms with van der Waals surface area (Å²) < 4.78 is 0. The Morgan fingerprint density at radius 3 is 2.88 bits per heavy atom. The average molecular weight is 219 g/mol. The normalized spacial score (nSPS) is 17.5. The molecule has 0 saturated carbocycles. The minimum Gasteiger partial charge on any atom is -0.365 e. The largest absolute Gasteiger partial charge is 0.365 e. The summed E-state index contributed by atoms with van der Waals surface area (Å²) in [5, 5.41) is 13.4. The highest BCUT2D eigenvalue weighted by Crippen LogP contribution is 2.12. The minimum atomic E-state index is -0.425. The van der Waals surface area contributed by atoms with Crippen molar-refractivity contribution in [3.05, 3.63) is 58.0 Å². The molecule has 1 heterocycles. The molecule has 1 aromatic carbocycles. The number of benzene rings is 1. The summed E-state index contributed by atoms with van der Waals surface area (Å²) in [6, 6.07) is 9.93.